The molecule has 0 radical (unpaired) electrons. The number of aromatic nitrogens is 2. The topological polar surface area (TPSA) is 38.9 Å². The van der Waals surface area contributed by atoms with Crippen molar-refractivity contribution < 1.29 is 4.42 Å². The van der Waals surface area contributed by atoms with E-state index in [1.807, 2.05) is 26.8 Å². The van der Waals surface area contributed by atoms with Gasteiger partial charge in [-0.2, -0.15) is 0 Å². The van der Waals surface area contributed by atoms with Crippen molar-refractivity contribution >= 4 is 22.7 Å². The molecule has 2 rings (SSSR count). The van der Waals surface area contributed by atoms with Gasteiger partial charge < -0.3 is 4.42 Å². The summed E-state index contributed by atoms with van der Waals surface area (Å²) in [7, 11) is 0. The second-order valence-corrected chi connectivity index (χ2v) is 3.97. The Morgan fingerprint density at radius 3 is 2.71 bits per heavy atom. The average Bonchev–Trinajstić information content (AvgIpc) is 2.47. The zero-order chi connectivity index (χ0) is 10.3. The van der Waals surface area contributed by atoms with E-state index in [4.69, 9.17) is 16.0 Å². The molecule has 0 aliphatic heterocycles. The van der Waals surface area contributed by atoms with Gasteiger partial charge in [-0.25, -0.2) is 9.97 Å². The van der Waals surface area contributed by atoms with Crippen LogP contribution in [0.5, 0.6) is 0 Å². The molecule has 0 saturated heterocycles. The molecule has 0 bridgehead atoms. The summed E-state index contributed by atoms with van der Waals surface area (Å²) < 4.78 is 5.56. The number of rotatable bonds is 1. The van der Waals surface area contributed by atoms with Crippen molar-refractivity contribution in [3.8, 4) is 0 Å². The molecule has 14 heavy (non-hydrogen) atoms. The minimum Gasteiger partial charge on any atom is -0.440 e. The second-order valence-electron chi connectivity index (χ2n) is 3.61. The fourth-order valence-corrected chi connectivity index (χ4v) is 1.54. The highest BCUT2D eigenvalue weighted by atomic mass is 35.5. The summed E-state index contributed by atoms with van der Waals surface area (Å²) in [6.07, 6.45) is 0. The number of hydrogen-bond acceptors (Lipinski definition) is 3. The van der Waals surface area contributed by atoms with E-state index in [1.54, 1.807) is 0 Å². The molecule has 4 heteroatoms. The van der Waals surface area contributed by atoms with Gasteiger partial charge in [0.1, 0.15) is 5.52 Å². The molecule has 3 nitrogen and oxygen atoms in total. The summed E-state index contributed by atoms with van der Waals surface area (Å²) in [6, 6.07) is 1.85. The average molecular weight is 211 g/mol. The van der Waals surface area contributed by atoms with E-state index in [1.165, 1.54) is 0 Å². The van der Waals surface area contributed by atoms with Crippen molar-refractivity contribution in [3.63, 3.8) is 0 Å². The van der Waals surface area contributed by atoms with Crippen molar-refractivity contribution in [1.82, 2.24) is 9.97 Å². The molecule has 0 fully saturated rings. The number of oxazole rings is 1. The van der Waals surface area contributed by atoms with Gasteiger partial charge in [0.15, 0.2) is 16.6 Å². The van der Waals surface area contributed by atoms with Crippen molar-refractivity contribution in [2.24, 2.45) is 0 Å². The van der Waals surface area contributed by atoms with Gasteiger partial charge in [0.05, 0.1) is 0 Å². The molecular formula is C10H11ClN2O. The third-order valence-corrected chi connectivity index (χ3v) is 2.24. The van der Waals surface area contributed by atoms with Crippen LogP contribution in [0.1, 0.15) is 31.4 Å². The Hall–Kier alpha value is -1.09. The SMILES string of the molecule is Cc1cc2oc(C(C)C)nc2c(Cl)n1. The van der Waals surface area contributed by atoms with E-state index in [2.05, 4.69) is 9.97 Å². The maximum Gasteiger partial charge on any atom is 0.198 e. The molecular weight excluding hydrogens is 200 g/mol. The van der Waals surface area contributed by atoms with Crippen LogP contribution in [-0.2, 0) is 0 Å². The van der Waals surface area contributed by atoms with E-state index >= 15 is 0 Å². The van der Waals surface area contributed by atoms with E-state index < -0.39 is 0 Å². The van der Waals surface area contributed by atoms with Crippen LogP contribution in [0.25, 0.3) is 11.1 Å². The third-order valence-electron chi connectivity index (χ3n) is 1.97. The first-order valence-electron chi connectivity index (χ1n) is 4.51. The van der Waals surface area contributed by atoms with Gasteiger partial charge in [0, 0.05) is 17.7 Å². The number of halogens is 1. The fourth-order valence-electron chi connectivity index (χ4n) is 1.27. The maximum atomic E-state index is 5.95. The predicted molar refractivity (Wildman–Crippen MR) is 55.6 cm³/mol. The number of nitrogens with zero attached hydrogens (tertiary/aromatic N) is 2. The highest BCUT2D eigenvalue weighted by Gasteiger charge is 2.12. The van der Waals surface area contributed by atoms with Crippen LogP contribution in [-0.4, -0.2) is 9.97 Å². The van der Waals surface area contributed by atoms with Crippen molar-refractivity contribution in [2.75, 3.05) is 0 Å². The molecule has 0 N–H and O–H groups in total. The van der Waals surface area contributed by atoms with Crippen LogP contribution in [0.4, 0.5) is 0 Å². The molecule has 0 amide bonds. The zero-order valence-electron chi connectivity index (χ0n) is 8.34. The van der Waals surface area contributed by atoms with Crippen molar-refractivity contribution in [2.45, 2.75) is 26.7 Å². The van der Waals surface area contributed by atoms with Crippen LogP contribution in [0.2, 0.25) is 5.15 Å². The molecule has 2 aromatic heterocycles. The van der Waals surface area contributed by atoms with Crippen molar-refractivity contribution in [3.05, 3.63) is 22.8 Å². The minimum atomic E-state index is 0.263. The lowest BCUT2D eigenvalue weighted by Crippen LogP contribution is -1.85. The van der Waals surface area contributed by atoms with Crippen LogP contribution in [0.15, 0.2) is 10.5 Å². The molecule has 2 heterocycles. The summed E-state index contributed by atoms with van der Waals surface area (Å²) >= 11 is 5.95. The summed E-state index contributed by atoms with van der Waals surface area (Å²) in [5.74, 6) is 0.966. The zero-order valence-corrected chi connectivity index (χ0v) is 9.09. The third kappa shape index (κ3) is 1.48. The highest BCUT2D eigenvalue weighted by Crippen LogP contribution is 2.25. The van der Waals surface area contributed by atoms with E-state index in [0.29, 0.717) is 22.1 Å². The Bertz CT molecular complexity index is 476. The number of pyridine rings is 1. The first kappa shape index (κ1) is 9.46. The Kier molecular flexibility index (Phi) is 2.19. The first-order chi connectivity index (χ1) is 6.58. The Morgan fingerprint density at radius 2 is 2.07 bits per heavy atom. The van der Waals surface area contributed by atoms with Crippen LogP contribution in [0, 0.1) is 6.92 Å². The van der Waals surface area contributed by atoms with Gasteiger partial charge in [-0.05, 0) is 6.92 Å². The molecule has 0 spiro atoms. The Morgan fingerprint density at radius 1 is 1.36 bits per heavy atom. The van der Waals surface area contributed by atoms with Crippen molar-refractivity contribution in [1.29, 1.82) is 0 Å². The maximum absolute atomic E-state index is 5.95. The monoisotopic (exact) mass is 210 g/mol. The normalized spacial score (nSPS) is 11.5. The lowest BCUT2D eigenvalue weighted by atomic mass is 10.2. The van der Waals surface area contributed by atoms with Crippen LogP contribution >= 0.6 is 11.6 Å². The molecule has 0 aromatic carbocycles. The van der Waals surface area contributed by atoms with E-state index in [-0.39, 0.29) is 5.92 Å². The predicted octanol–water partition coefficient (Wildman–Crippen LogP) is 3.31. The molecule has 0 aliphatic rings. The molecule has 2 aromatic rings. The lowest BCUT2D eigenvalue weighted by Gasteiger charge is -1.93. The second kappa shape index (κ2) is 3.24. The Labute approximate surface area is 87.1 Å². The van der Waals surface area contributed by atoms with Gasteiger partial charge in [-0.1, -0.05) is 25.4 Å². The van der Waals surface area contributed by atoms with Crippen LogP contribution < -0.4 is 0 Å². The van der Waals surface area contributed by atoms with Gasteiger partial charge in [-0.15, -0.1) is 0 Å². The summed E-state index contributed by atoms with van der Waals surface area (Å²) in [4.78, 5) is 8.41. The molecule has 0 saturated carbocycles. The number of fused-ring (bicyclic) bond motifs is 1. The number of aryl methyl sites for hydroxylation is 1. The first-order valence-corrected chi connectivity index (χ1v) is 4.89. The largest absolute Gasteiger partial charge is 0.440 e. The molecule has 74 valence electrons. The standard InChI is InChI=1S/C10H11ClN2O/c1-5(2)10-13-8-7(14-10)4-6(3)12-9(8)11/h4-5H,1-3H3. The van der Waals surface area contributed by atoms with Crippen LogP contribution in [0.3, 0.4) is 0 Å². The summed E-state index contributed by atoms with van der Waals surface area (Å²) in [5, 5.41) is 0.413. The highest BCUT2D eigenvalue weighted by molar-refractivity contribution is 6.33. The van der Waals surface area contributed by atoms with E-state index in [0.717, 1.165) is 5.69 Å². The summed E-state index contributed by atoms with van der Waals surface area (Å²) in [6.45, 7) is 5.93. The van der Waals surface area contributed by atoms with Gasteiger partial charge in [-0.3, -0.25) is 0 Å². The molecule has 0 unspecified atom stereocenters. The Balaban J connectivity index is 2.70. The quantitative estimate of drug-likeness (QED) is 0.678. The smallest absolute Gasteiger partial charge is 0.198 e. The molecule has 0 aliphatic carbocycles. The summed E-state index contributed by atoms with van der Waals surface area (Å²) in [5.41, 5.74) is 2.21. The van der Waals surface area contributed by atoms with Gasteiger partial charge in [0.25, 0.3) is 0 Å². The molecule has 0 atom stereocenters. The van der Waals surface area contributed by atoms with Gasteiger partial charge in [0.2, 0.25) is 0 Å². The number of hydrogen-bond donors (Lipinski definition) is 0. The van der Waals surface area contributed by atoms with Gasteiger partial charge >= 0.3 is 0 Å². The fraction of sp³-hybridized carbons (Fsp3) is 0.400. The minimum absolute atomic E-state index is 0.263. The van der Waals surface area contributed by atoms with E-state index in [9.17, 15) is 0 Å². The lowest BCUT2D eigenvalue weighted by molar-refractivity contribution is 0.501.